The van der Waals surface area contributed by atoms with Gasteiger partial charge in [-0.3, -0.25) is 0 Å². The van der Waals surface area contributed by atoms with Crippen molar-refractivity contribution in [3.05, 3.63) is 34.7 Å². The van der Waals surface area contributed by atoms with Crippen molar-refractivity contribution in [2.45, 2.75) is 6.61 Å². The van der Waals surface area contributed by atoms with E-state index in [0.717, 1.165) is 0 Å². The molecule has 0 bridgehead atoms. The van der Waals surface area contributed by atoms with Gasteiger partial charge in [-0.05, 0) is 11.0 Å². The van der Waals surface area contributed by atoms with Gasteiger partial charge < -0.3 is 10.1 Å². The molecule has 0 aromatic heterocycles. The van der Waals surface area contributed by atoms with Crippen molar-refractivity contribution < 1.29 is 10.1 Å². The molecular formula is C7H8BNO3. The molecule has 12 heavy (non-hydrogen) atoms. The molecule has 0 fully saturated rings. The Morgan fingerprint density at radius 3 is 2.83 bits per heavy atom. The van der Waals surface area contributed by atoms with Gasteiger partial charge in [0.05, 0.1) is 6.61 Å². The van der Waals surface area contributed by atoms with Crippen molar-refractivity contribution in [2.75, 3.05) is 0 Å². The smallest absolute Gasteiger partial charge is 0.425 e. The van der Waals surface area contributed by atoms with Crippen molar-refractivity contribution in [3.63, 3.8) is 0 Å². The van der Waals surface area contributed by atoms with Gasteiger partial charge in [0.2, 0.25) is 0 Å². The van der Waals surface area contributed by atoms with Crippen LogP contribution < -0.4 is 5.46 Å². The van der Waals surface area contributed by atoms with Crippen LogP contribution in [-0.2, 0) is 6.61 Å². The summed E-state index contributed by atoms with van der Waals surface area (Å²) in [6.07, 6.45) is 0. The van der Waals surface area contributed by atoms with Gasteiger partial charge in [0, 0.05) is 0 Å². The minimum atomic E-state index is -1.34. The average Bonchev–Trinajstić information content (AvgIpc) is 2.17. The van der Waals surface area contributed by atoms with Crippen LogP contribution in [0.2, 0.25) is 0 Å². The van der Waals surface area contributed by atoms with E-state index in [0.29, 0.717) is 11.0 Å². The number of benzene rings is 1. The first-order valence-corrected chi connectivity index (χ1v) is 3.48. The molecule has 62 valence electrons. The number of hydrogen-bond donors (Lipinski definition) is 2. The van der Waals surface area contributed by atoms with Gasteiger partial charge in [-0.15, -0.1) is 0 Å². The number of rotatable bonds is 3. The number of aliphatic hydroxyl groups excluding tert-OH is 1. The molecule has 5 heteroatoms. The fourth-order valence-corrected chi connectivity index (χ4v) is 0.913. The van der Waals surface area contributed by atoms with Crippen molar-refractivity contribution in [1.29, 1.82) is 0 Å². The lowest BCUT2D eigenvalue weighted by Crippen LogP contribution is -2.27. The monoisotopic (exact) mass is 165 g/mol. The largest absolute Gasteiger partial charge is 0.517 e. The summed E-state index contributed by atoms with van der Waals surface area (Å²) in [6, 6.07) is 6.45. The Morgan fingerprint density at radius 1 is 1.50 bits per heavy atom. The van der Waals surface area contributed by atoms with Gasteiger partial charge in [0.15, 0.2) is 0 Å². The molecule has 1 aromatic carbocycles. The number of nitroso groups, excluding NO2 is 1. The SMILES string of the molecule is O=NB(O)c1cccc(CO)c1. The molecule has 0 spiro atoms. The highest BCUT2D eigenvalue weighted by Crippen LogP contribution is 1.96. The maximum absolute atomic E-state index is 9.94. The first-order valence-electron chi connectivity index (χ1n) is 3.48. The molecular weight excluding hydrogens is 157 g/mol. The van der Waals surface area contributed by atoms with Crippen LogP contribution in [0.5, 0.6) is 0 Å². The summed E-state index contributed by atoms with van der Waals surface area (Å²) in [4.78, 5) is 9.94. The average molecular weight is 165 g/mol. The molecule has 0 saturated heterocycles. The molecule has 0 atom stereocenters. The molecule has 1 rings (SSSR count). The molecule has 0 radical (unpaired) electrons. The third-order valence-corrected chi connectivity index (χ3v) is 1.53. The summed E-state index contributed by atoms with van der Waals surface area (Å²) in [6.45, 7) is -0.112. The number of nitrogens with zero attached hydrogens (tertiary/aromatic N) is 1. The summed E-state index contributed by atoms with van der Waals surface area (Å²) >= 11 is 0. The van der Waals surface area contributed by atoms with E-state index in [9.17, 15) is 4.91 Å². The van der Waals surface area contributed by atoms with E-state index in [1.54, 1.807) is 18.2 Å². The summed E-state index contributed by atoms with van der Waals surface area (Å²) in [7, 11) is -1.34. The predicted octanol–water partition coefficient (Wildman–Crippen LogP) is -0.367. The molecule has 1 aromatic rings. The van der Waals surface area contributed by atoms with E-state index >= 15 is 0 Å². The van der Waals surface area contributed by atoms with Crippen molar-refractivity contribution >= 4 is 12.5 Å². The Balaban J connectivity index is 2.93. The minimum absolute atomic E-state index is 0.112. The molecule has 4 nitrogen and oxygen atoms in total. The zero-order chi connectivity index (χ0) is 8.97. The fraction of sp³-hybridized carbons (Fsp3) is 0.143. The Hall–Kier alpha value is -1.20. The quantitative estimate of drug-likeness (QED) is 0.474. The Bertz CT molecular complexity index is 279. The van der Waals surface area contributed by atoms with Gasteiger partial charge in [0.25, 0.3) is 0 Å². The zero-order valence-corrected chi connectivity index (χ0v) is 6.34. The van der Waals surface area contributed by atoms with E-state index in [4.69, 9.17) is 10.1 Å². The molecule has 0 heterocycles. The van der Waals surface area contributed by atoms with Crippen LogP contribution in [0.4, 0.5) is 0 Å². The molecule has 0 amide bonds. The molecule has 0 saturated carbocycles. The standard InChI is InChI=1S/C7H8BNO3/c10-5-6-2-1-3-7(4-6)8(11)9-12/h1-4,10-11H,5H2. The number of aliphatic hydroxyl groups is 1. The van der Waals surface area contributed by atoms with Crippen molar-refractivity contribution in [2.24, 2.45) is 5.09 Å². The van der Waals surface area contributed by atoms with Crippen LogP contribution in [0.1, 0.15) is 5.56 Å². The van der Waals surface area contributed by atoms with E-state index < -0.39 is 7.05 Å². The highest BCUT2D eigenvalue weighted by molar-refractivity contribution is 6.64. The van der Waals surface area contributed by atoms with E-state index in [1.165, 1.54) is 6.07 Å². The van der Waals surface area contributed by atoms with E-state index in [-0.39, 0.29) is 6.61 Å². The maximum Gasteiger partial charge on any atom is 0.517 e. The third-order valence-electron chi connectivity index (χ3n) is 1.53. The normalized spacial score (nSPS) is 9.50. The summed E-state index contributed by atoms with van der Waals surface area (Å²) < 4.78 is 0. The van der Waals surface area contributed by atoms with Gasteiger partial charge in [0.1, 0.15) is 0 Å². The second-order valence-corrected chi connectivity index (χ2v) is 2.38. The first kappa shape index (κ1) is 8.90. The van der Waals surface area contributed by atoms with Crippen LogP contribution >= 0.6 is 0 Å². The highest BCUT2D eigenvalue weighted by atomic mass is 16.3. The van der Waals surface area contributed by atoms with Gasteiger partial charge in [-0.25, -0.2) is 0 Å². The second kappa shape index (κ2) is 3.99. The van der Waals surface area contributed by atoms with Gasteiger partial charge >= 0.3 is 7.05 Å². The summed E-state index contributed by atoms with van der Waals surface area (Å²) in [5.74, 6) is 0. The summed E-state index contributed by atoms with van der Waals surface area (Å²) in [5.41, 5.74) is 1.05. The number of hydrogen-bond acceptors (Lipinski definition) is 4. The first-order chi connectivity index (χ1) is 5.77. The lowest BCUT2D eigenvalue weighted by molar-refractivity contribution is 0.282. The van der Waals surface area contributed by atoms with Crippen LogP contribution in [-0.4, -0.2) is 17.2 Å². The molecule has 0 aliphatic carbocycles. The zero-order valence-electron chi connectivity index (χ0n) is 6.34. The topological polar surface area (TPSA) is 69.9 Å². The van der Waals surface area contributed by atoms with Gasteiger partial charge in [-0.2, -0.15) is 4.91 Å². The lowest BCUT2D eigenvalue weighted by Gasteiger charge is -1.99. The predicted molar refractivity (Wildman–Crippen MR) is 45.8 cm³/mol. The van der Waals surface area contributed by atoms with Crippen LogP contribution in [0.15, 0.2) is 29.4 Å². The summed E-state index contributed by atoms with van der Waals surface area (Å²) in [5, 5.41) is 20.2. The highest BCUT2D eigenvalue weighted by Gasteiger charge is 2.15. The second-order valence-electron chi connectivity index (χ2n) is 2.38. The molecule has 0 aliphatic heterocycles. The fourth-order valence-electron chi connectivity index (χ4n) is 0.913. The minimum Gasteiger partial charge on any atom is -0.425 e. The van der Waals surface area contributed by atoms with Gasteiger partial charge in [-0.1, -0.05) is 29.4 Å². The van der Waals surface area contributed by atoms with E-state index in [1.807, 2.05) is 0 Å². The molecule has 2 N–H and O–H groups in total. The van der Waals surface area contributed by atoms with Crippen LogP contribution in [0.3, 0.4) is 0 Å². The Kier molecular flexibility index (Phi) is 2.96. The Morgan fingerprint density at radius 2 is 2.25 bits per heavy atom. The molecule has 0 aliphatic rings. The molecule has 0 unspecified atom stereocenters. The van der Waals surface area contributed by atoms with E-state index in [2.05, 4.69) is 5.09 Å². The third kappa shape index (κ3) is 1.90. The van der Waals surface area contributed by atoms with Crippen LogP contribution in [0, 0.1) is 4.91 Å². The van der Waals surface area contributed by atoms with Crippen molar-refractivity contribution in [3.8, 4) is 0 Å². The maximum atomic E-state index is 9.94. The lowest BCUT2D eigenvalue weighted by atomic mass is 9.75. The van der Waals surface area contributed by atoms with Crippen LogP contribution in [0.25, 0.3) is 0 Å². The Labute approximate surface area is 70.0 Å². The van der Waals surface area contributed by atoms with Crippen molar-refractivity contribution in [1.82, 2.24) is 0 Å².